The first-order chi connectivity index (χ1) is 14.6. The number of piperazine rings is 1. The lowest BCUT2D eigenvalue weighted by atomic mass is 10.1. The monoisotopic (exact) mass is 409 g/mol. The van der Waals surface area contributed by atoms with Crippen LogP contribution in [0.2, 0.25) is 0 Å². The number of aryl methyl sites for hydroxylation is 1. The number of carbonyl (C=O) groups excluding carboxylic acids is 1. The topological polar surface area (TPSA) is 56.3 Å². The first-order valence-electron chi connectivity index (χ1n) is 10.5. The molecule has 4 rings (SSSR count). The Hall–Kier alpha value is -2.99. The molecule has 2 aromatic carbocycles. The van der Waals surface area contributed by atoms with Crippen molar-refractivity contribution in [1.29, 1.82) is 0 Å². The van der Waals surface area contributed by atoms with Gasteiger partial charge in [-0.2, -0.15) is 0 Å². The number of methoxy groups -OCH3 is 1. The summed E-state index contributed by atoms with van der Waals surface area (Å²) in [5.74, 6) is 2.09. The molecule has 1 aliphatic heterocycles. The molecule has 3 aromatic rings. The van der Waals surface area contributed by atoms with Gasteiger partial charge in [-0.15, -0.1) is 0 Å². The number of furan rings is 1. The lowest BCUT2D eigenvalue weighted by Crippen LogP contribution is -3.13. The van der Waals surface area contributed by atoms with Crippen molar-refractivity contribution < 1.29 is 23.6 Å². The molecule has 1 aromatic heterocycles. The number of hydrogen-bond donors (Lipinski definition) is 1. The van der Waals surface area contributed by atoms with E-state index in [2.05, 4.69) is 12.1 Å². The third-order valence-corrected chi connectivity index (χ3v) is 5.78. The summed E-state index contributed by atoms with van der Waals surface area (Å²) in [6, 6.07) is 13.9. The van der Waals surface area contributed by atoms with Crippen molar-refractivity contribution in [3.05, 3.63) is 59.4 Å². The maximum atomic E-state index is 13.1. The second kappa shape index (κ2) is 8.79. The Morgan fingerprint density at radius 2 is 1.80 bits per heavy atom. The van der Waals surface area contributed by atoms with Crippen molar-refractivity contribution in [2.75, 3.05) is 39.9 Å². The van der Waals surface area contributed by atoms with Crippen LogP contribution in [0.4, 0.5) is 0 Å². The van der Waals surface area contributed by atoms with Crippen LogP contribution in [0.5, 0.6) is 11.5 Å². The molecule has 1 amide bonds. The molecule has 0 unspecified atom stereocenters. The molecule has 2 heterocycles. The third kappa shape index (κ3) is 4.14. The van der Waals surface area contributed by atoms with Gasteiger partial charge in [0.1, 0.15) is 23.6 Å². The molecule has 1 saturated heterocycles. The summed E-state index contributed by atoms with van der Waals surface area (Å²) in [5.41, 5.74) is 2.89. The summed E-state index contributed by atoms with van der Waals surface area (Å²) in [4.78, 5) is 16.5. The molecule has 6 heteroatoms. The zero-order valence-corrected chi connectivity index (χ0v) is 17.9. The lowest BCUT2D eigenvalue weighted by molar-refractivity contribution is -0.917. The minimum absolute atomic E-state index is 0.0230. The van der Waals surface area contributed by atoms with Gasteiger partial charge in [-0.25, -0.2) is 0 Å². The van der Waals surface area contributed by atoms with Gasteiger partial charge >= 0.3 is 0 Å². The summed E-state index contributed by atoms with van der Waals surface area (Å²) in [5, 5.41) is 0.938. The van der Waals surface area contributed by atoms with Crippen LogP contribution in [0.15, 0.2) is 46.9 Å². The number of ether oxygens (including phenoxy) is 2. The fourth-order valence-electron chi connectivity index (χ4n) is 4.04. The summed E-state index contributed by atoms with van der Waals surface area (Å²) in [7, 11) is 1.68. The molecule has 6 nitrogen and oxygen atoms in total. The van der Waals surface area contributed by atoms with E-state index in [4.69, 9.17) is 13.9 Å². The summed E-state index contributed by atoms with van der Waals surface area (Å²) in [6.45, 7) is 8.76. The Morgan fingerprint density at radius 3 is 2.47 bits per heavy atom. The van der Waals surface area contributed by atoms with Crippen LogP contribution in [0, 0.1) is 6.92 Å². The number of quaternary nitrogens is 1. The molecular formula is C24H29N2O4+. The number of nitrogens with one attached hydrogen (secondary N) is 1. The zero-order valence-electron chi connectivity index (χ0n) is 17.9. The van der Waals surface area contributed by atoms with E-state index in [1.54, 1.807) is 7.11 Å². The average Bonchev–Trinajstić information content (AvgIpc) is 3.10. The number of nitrogens with zero attached hydrogens (tertiary/aromatic N) is 1. The van der Waals surface area contributed by atoms with E-state index in [0.717, 1.165) is 60.8 Å². The molecule has 0 spiro atoms. The van der Waals surface area contributed by atoms with E-state index in [1.165, 1.54) is 10.5 Å². The van der Waals surface area contributed by atoms with Crippen molar-refractivity contribution in [3.63, 3.8) is 0 Å². The Balaban J connectivity index is 1.40. The van der Waals surface area contributed by atoms with E-state index < -0.39 is 0 Å². The molecule has 0 bridgehead atoms. The number of rotatable bonds is 6. The fraction of sp³-hybridized carbons (Fsp3) is 0.375. The first-order valence-corrected chi connectivity index (χ1v) is 10.5. The molecule has 0 aliphatic carbocycles. The van der Waals surface area contributed by atoms with Crippen LogP contribution in [0.3, 0.4) is 0 Å². The predicted molar refractivity (Wildman–Crippen MR) is 115 cm³/mol. The molecule has 0 atom stereocenters. The summed E-state index contributed by atoms with van der Waals surface area (Å²) < 4.78 is 16.7. The third-order valence-electron chi connectivity index (χ3n) is 5.78. The van der Waals surface area contributed by atoms with Crippen molar-refractivity contribution >= 4 is 16.9 Å². The van der Waals surface area contributed by atoms with Gasteiger partial charge < -0.3 is 23.7 Å². The number of benzene rings is 2. The van der Waals surface area contributed by atoms with Gasteiger partial charge in [0.15, 0.2) is 5.76 Å². The van der Waals surface area contributed by atoms with Gasteiger partial charge in [0.05, 0.1) is 39.9 Å². The second-order valence-corrected chi connectivity index (χ2v) is 7.71. The van der Waals surface area contributed by atoms with Crippen LogP contribution in [-0.2, 0) is 6.54 Å². The summed E-state index contributed by atoms with van der Waals surface area (Å²) in [6.07, 6.45) is 0. The van der Waals surface area contributed by atoms with Gasteiger partial charge in [-0.1, -0.05) is 0 Å². The van der Waals surface area contributed by atoms with E-state index >= 15 is 0 Å². The lowest BCUT2D eigenvalue weighted by Gasteiger charge is -2.32. The summed E-state index contributed by atoms with van der Waals surface area (Å²) >= 11 is 0. The molecule has 0 radical (unpaired) electrons. The average molecular weight is 410 g/mol. The van der Waals surface area contributed by atoms with Crippen LogP contribution in [0.1, 0.15) is 28.6 Å². The Bertz CT molecular complexity index is 1020. The predicted octanol–water partition coefficient (Wildman–Crippen LogP) is 2.69. The zero-order chi connectivity index (χ0) is 21.1. The molecular weight excluding hydrogens is 380 g/mol. The highest BCUT2D eigenvalue weighted by Crippen LogP contribution is 2.29. The van der Waals surface area contributed by atoms with Crippen LogP contribution >= 0.6 is 0 Å². The van der Waals surface area contributed by atoms with Gasteiger partial charge in [0, 0.05) is 16.5 Å². The van der Waals surface area contributed by atoms with Crippen molar-refractivity contribution in [1.82, 2.24) is 4.90 Å². The maximum Gasteiger partial charge on any atom is 0.290 e. The number of fused-ring (bicyclic) bond motifs is 1. The SMILES string of the molecule is CCOc1ccc2oc(C(=O)N3CC[NH+](Cc4ccc(OC)cc4)CC3)c(C)c2c1. The van der Waals surface area contributed by atoms with Crippen molar-refractivity contribution in [2.45, 2.75) is 20.4 Å². The number of hydrogen-bond acceptors (Lipinski definition) is 4. The minimum Gasteiger partial charge on any atom is -0.497 e. The van der Waals surface area contributed by atoms with Crippen LogP contribution in [0.25, 0.3) is 11.0 Å². The minimum atomic E-state index is -0.0230. The van der Waals surface area contributed by atoms with Gasteiger partial charge in [-0.05, 0) is 56.3 Å². The molecule has 0 saturated carbocycles. The van der Waals surface area contributed by atoms with Crippen molar-refractivity contribution in [2.24, 2.45) is 0 Å². The standard InChI is InChI=1S/C24H28N2O4/c1-4-29-20-9-10-22-21(15-20)17(2)23(30-22)24(27)26-13-11-25(12-14-26)16-18-5-7-19(28-3)8-6-18/h5-10,15H,4,11-14,16H2,1-3H3/p+1. The molecule has 1 aliphatic rings. The quantitative estimate of drug-likeness (QED) is 0.680. The largest absolute Gasteiger partial charge is 0.497 e. The second-order valence-electron chi connectivity index (χ2n) is 7.71. The fourth-order valence-corrected chi connectivity index (χ4v) is 4.04. The van der Waals surface area contributed by atoms with Crippen LogP contribution < -0.4 is 14.4 Å². The highest BCUT2D eigenvalue weighted by molar-refractivity contribution is 5.99. The number of carbonyl (C=O) groups is 1. The van der Waals surface area contributed by atoms with E-state index in [0.29, 0.717) is 12.4 Å². The highest BCUT2D eigenvalue weighted by Gasteiger charge is 2.28. The van der Waals surface area contributed by atoms with E-state index in [9.17, 15) is 4.79 Å². The molecule has 158 valence electrons. The number of amides is 1. The first kappa shape index (κ1) is 20.3. The van der Waals surface area contributed by atoms with Crippen LogP contribution in [-0.4, -0.2) is 50.7 Å². The Morgan fingerprint density at radius 1 is 1.10 bits per heavy atom. The smallest absolute Gasteiger partial charge is 0.290 e. The van der Waals surface area contributed by atoms with Gasteiger partial charge in [0.2, 0.25) is 0 Å². The molecule has 1 N–H and O–H groups in total. The molecule has 1 fully saturated rings. The Kier molecular flexibility index (Phi) is 5.95. The molecule has 30 heavy (non-hydrogen) atoms. The highest BCUT2D eigenvalue weighted by atomic mass is 16.5. The Labute approximate surface area is 177 Å². The van der Waals surface area contributed by atoms with E-state index in [1.807, 2.05) is 49.1 Å². The van der Waals surface area contributed by atoms with Gasteiger partial charge in [-0.3, -0.25) is 4.79 Å². The maximum absolute atomic E-state index is 13.1. The van der Waals surface area contributed by atoms with Gasteiger partial charge in [0.25, 0.3) is 5.91 Å². The van der Waals surface area contributed by atoms with E-state index in [-0.39, 0.29) is 5.91 Å². The normalized spacial score (nSPS) is 14.8. The van der Waals surface area contributed by atoms with Crippen molar-refractivity contribution in [3.8, 4) is 11.5 Å².